The van der Waals surface area contributed by atoms with Gasteiger partial charge in [-0.15, -0.1) is 5.10 Å². The van der Waals surface area contributed by atoms with Crippen molar-refractivity contribution in [3.8, 4) is 0 Å². The van der Waals surface area contributed by atoms with Gasteiger partial charge in [-0.3, -0.25) is 4.79 Å². The zero-order valence-electron chi connectivity index (χ0n) is 16.2. The summed E-state index contributed by atoms with van der Waals surface area (Å²) in [6, 6.07) is 3.95. The fourth-order valence-corrected chi connectivity index (χ4v) is 4.36. The maximum atomic E-state index is 13.0. The van der Waals surface area contributed by atoms with Gasteiger partial charge in [0, 0.05) is 61.2 Å². The molecule has 0 spiro atoms. The highest BCUT2D eigenvalue weighted by Gasteiger charge is 2.42. The first-order valence-electron chi connectivity index (χ1n) is 9.52. The van der Waals surface area contributed by atoms with Crippen molar-refractivity contribution in [2.45, 2.75) is 20.8 Å². The second-order valence-corrected chi connectivity index (χ2v) is 7.84. The van der Waals surface area contributed by atoms with Crippen LogP contribution in [0.5, 0.6) is 0 Å². The van der Waals surface area contributed by atoms with Crippen molar-refractivity contribution >= 4 is 17.5 Å². The lowest BCUT2D eigenvalue weighted by Crippen LogP contribution is -2.34. The van der Waals surface area contributed by atoms with Crippen LogP contribution in [0.3, 0.4) is 0 Å². The smallest absolute Gasteiger partial charge is 0.293 e. The maximum absolute atomic E-state index is 13.0. The van der Waals surface area contributed by atoms with Crippen molar-refractivity contribution in [3.63, 3.8) is 0 Å². The third-order valence-electron chi connectivity index (χ3n) is 5.70. The van der Waals surface area contributed by atoms with Crippen LogP contribution >= 0.6 is 0 Å². The Morgan fingerprint density at radius 2 is 1.71 bits per heavy atom. The van der Waals surface area contributed by atoms with E-state index < -0.39 is 0 Å². The highest BCUT2D eigenvalue weighted by atomic mass is 16.2. The Morgan fingerprint density at radius 3 is 2.43 bits per heavy atom. The van der Waals surface area contributed by atoms with E-state index >= 15 is 0 Å². The van der Waals surface area contributed by atoms with Crippen LogP contribution < -0.4 is 4.90 Å². The summed E-state index contributed by atoms with van der Waals surface area (Å²) in [6.07, 6.45) is 1.61. The number of hydrogen-bond acceptors (Lipinski definition) is 7. The number of likely N-dealkylation sites (tertiary alicyclic amines) is 1. The molecule has 2 atom stereocenters. The second-order valence-electron chi connectivity index (χ2n) is 7.84. The molecule has 5 heterocycles. The molecule has 2 aliphatic rings. The summed E-state index contributed by atoms with van der Waals surface area (Å²) in [5, 5.41) is 4.39. The lowest BCUT2D eigenvalue weighted by atomic mass is 10.0. The lowest BCUT2D eigenvalue weighted by Gasteiger charge is -2.21. The van der Waals surface area contributed by atoms with E-state index in [9.17, 15) is 4.79 Å². The topological polar surface area (TPSA) is 92.4 Å². The fraction of sp³-hybridized carbons (Fsp3) is 0.474. The third-order valence-corrected chi connectivity index (χ3v) is 5.70. The molecule has 9 nitrogen and oxygen atoms in total. The first-order valence-corrected chi connectivity index (χ1v) is 9.52. The molecule has 0 aromatic carbocycles. The van der Waals surface area contributed by atoms with Gasteiger partial charge in [-0.2, -0.15) is 4.98 Å². The molecule has 0 bridgehead atoms. The predicted molar refractivity (Wildman–Crippen MR) is 102 cm³/mol. The molecular weight excluding hydrogens is 356 g/mol. The van der Waals surface area contributed by atoms with Gasteiger partial charge in [0.2, 0.25) is 5.82 Å². The number of rotatable bonds is 2. The Morgan fingerprint density at radius 1 is 0.964 bits per heavy atom. The summed E-state index contributed by atoms with van der Waals surface area (Å²) >= 11 is 0. The van der Waals surface area contributed by atoms with Crippen LogP contribution in [-0.2, 0) is 0 Å². The van der Waals surface area contributed by atoms with Crippen molar-refractivity contribution in [3.05, 3.63) is 41.4 Å². The normalized spacial score (nSPS) is 21.5. The van der Waals surface area contributed by atoms with Gasteiger partial charge < -0.3 is 9.80 Å². The fourth-order valence-electron chi connectivity index (χ4n) is 4.36. The molecule has 144 valence electrons. The van der Waals surface area contributed by atoms with Gasteiger partial charge in [0.15, 0.2) is 0 Å². The number of anilines is 1. The summed E-state index contributed by atoms with van der Waals surface area (Å²) in [4.78, 5) is 34.5. The van der Waals surface area contributed by atoms with Crippen LogP contribution in [0, 0.1) is 32.6 Å². The van der Waals surface area contributed by atoms with Gasteiger partial charge in [-0.25, -0.2) is 19.5 Å². The molecule has 1 amide bonds. The molecule has 0 radical (unpaired) electrons. The molecule has 0 saturated carbocycles. The van der Waals surface area contributed by atoms with E-state index in [-0.39, 0.29) is 11.7 Å². The van der Waals surface area contributed by atoms with Crippen molar-refractivity contribution in [2.24, 2.45) is 11.8 Å². The van der Waals surface area contributed by atoms with E-state index in [1.54, 1.807) is 10.8 Å². The van der Waals surface area contributed by atoms with Crippen LogP contribution in [0.1, 0.15) is 27.7 Å². The summed E-state index contributed by atoms with van der Waals surface area (Å²) in [7, 11) is 0. The first kappa shape index (κ1) is 17.0. The number of aryl methyl sites for hydroxylation is 3. The van der Waals surface area contributed by atoms with Gasteiger partial charge >= 0.3 is 0 Å². The standard InChI is InChI=1S/C19H22N8O/c1-11-5-16(21-10-20-11)25-6-14-8-26(9-15(14)7-25)18(28)17-23-19-22-12(2)4-13(3)27(19)24-17/h4-5,10,14-15H,6-9H2,1-3H3. The van der Waals surface area contributed by atoms with E-state index in [2.05, 4.69) is 29.9 Å². The largest absolute Gasteiger partial charge is 0.356 e. The van der Waals surface area contributed by atoms with Gasteiger partial charge in [0.05, 0.1) is 0 Å². The number of carbonyl (C=O) groups excluding carboxylic acids is 1. The summed E-state index contributed by atoms with van der Waals surface area (Å²) in [6.45, 7) is 9.09. The Bertz CT molecular complexity index is 1060. The zero-order chi connectivity index (χ0) is 19.4. The number of fused-ring (bicyclic) bond motifs is 2. The van der Waals surface area contributed by atoms with E-state index in [1.165, 1.54) is 0 Å². The number of amides is 1. The summed E-state index contributed by atoms with van der Waals surface area (Å²) < 4.78 is 1.64. The average molecular weight is 378 g/mol. The molecule has 2 aliphatic heterocycles. The lowest BCUT2D eigenvalue weighted by molar-refractivity contribution is 0.0770. The van der Waals surface area contributed by atoms with Crippen molar-refractivity contribution in [2.75, 3.05) is 31.1 Å². The van der Waals surface area contributed by atoms with Crippen LogP contribution in [0.15, 0.2) is 18.5 Å². The number of hydrogen-bond donors (Lipinski definition) is 0. The van der Waals surface area contributed by atoms with Crippen molar-refractivity contribution in [1.82, 2.24) is 34.4 Å². The van der Waals surface area contributed by atoms with Crippen LogP contribution in [0.25, 0.3) is 5.78 Å². The average Bonchev–Trinajstić information content (AvgIpc) is 3.33. The van der Waals surface area contributed by atoms with E-state index in [0.29, 0.717) is 17.6 Å². The van der Waals surface area contributed by atoms with E-state index in [0.717, 1.165) is 49.1 Å². The number of nitrogens with zero attached hydrogens (tertiary/aromatic N) is 8. The predicted octanol–water partition coefficient (Wildman–Crippen LogP) is 1.05. The summed E-state index contributed by atoms with van der Waals surface area (Å²) in [5.74, 6) is 2.45. The highest BCUT2D eigenvalue weighted by molar-refractivity contribution is 5.91. The minimum Gasteiger partial charge on any atom is -0.356 e. The first-order chi connectivity index (χ1) is 13.5. The Kier molecular flexibility index (Phi) is 3.78. The van der Waals surface area contributed by atoms with Crippen molar-refractivity contribution in [1.29, 1.82) is 0 Å². The Labute approximate surface area is 162 Å². The molecule has 2 fully saturated rings. The Balaban J connectivity index is 1.31. The monoisotopic (exact) mass is 378 g/mol. The molecule has 0 aliphatic carbocycles. The van der Waals surface area contributed by atoms with Gasteiger partial charge in [0.1, 0.15) is 12.1 Å². The maximum Gasteiger partial charge on any atom is 0.293 e. The molecule has 2 unspecified atom stereocenters. The highest BCUT2D eigenvalue weighted by Crippen LogP contribution is 2.33. The zero-order valence-corrected chi connectivity index (χ0v) is 16.2. The van der Waals surface area contributed by atoms with Crippen LogP contribution in [-0.4, -0.2) is 66.5 Å². The minimum absolute atomic E-state index is 0.110. The van der Waals surface area contributed by atoms with E-state index in [4.69, 9.17) is 0 Å². The van der Waals surface area contributed by atoms with Crippen molar-refractivity contribution < 1.29 is 4.79 Å². The molecular formula is C19H22N8O. The van der Waals surface area contributed by atoms with Crippen LogP contribution in [0.4, 0.5) is 5.82 Å². The number of carbonyl (C=O) groups is 1. The summed E-state index contributed by atoms with van der Waals surface area (Å²) in [5.41, 5.74) is 2.76. The van der Waals surface area contributed by atoms with E-state index in [1.807, 2.05) is 37.8 Å². The quantitative estimate of drug-likeness (QED) is 0.658. The van der Waals surface area contributed by atoms with Crippen LogP contribution in [0.2, 0.25) is 0 Å². The molecule has 3 aromatic rings. The molecule has 28 heavy (non-hydrogen) atoms. The van der Waals surface area contributed by atoms with Gasteiger partial charge in [0.25, 0.3) is 11.7 Å². The minimum atomic E-state index is -0.110. The van der Waals surface area contributed by atoms with Gasteiger partial charge in [-0.05, 0) is 26.8 Å². The molecule has 2 saturated heterocycles. The molecule has 3 aromatic heterocycles. The second kappa shape index (κ2) is 6.22. The third kappa shape index (κ3) is 2.78. The number of aromatic nitrogens is 6. The molecule has 0 N–H and O–H groups in total. The molecule has 9 heteroatoms. The molecule has 5 rings (SSSR count). The van der Waals surface area contributed by atoms with Gasteiger partial charge in [-0.1, -0.05) is 0 Å². The SMILES string of the molecule is Cc1cc(N2CC3CN(C(=O)c4nc5nc(C)cc(C)n5n4)CC3C2)ncn1. The Hall–Kier alpha value is -3.10.